The van der Waals surface area contributed by atoms with Crippen molar-refractivity contribution in [3.63, 3.8) is 0 Å². The fourth-order valence-electron chi connectivity index (χ4n) is 4.13. The Balaban J connectivity index is 1.81. The van der Waals surface area contributed by atoms with Crippen LogP contribution >= 0.6 is 0 Å². The molecule has 0 radical (unpaired) electrons. The zero-order valence-electron chi connectivity index (χ0n) is 18.0. The second-order valence-corrected chi connectivity index (χ2v) is 7.67. The third-order valence-corrected chi connectivity index (χ3v) is 5.67. The molecule has 1 aliphatic heterocycles. The Hall–Kier alpha value is -3.88. The van der Waals surface area contributed by atoms with Gasteiger partial charge in [-0.1, -0.05) is 0 Å². The summed E-state index contributed by atoms with van der Waals surface area (Å²) in [6.45, 7) is 4.57. The number of aromatic nitrogens is 5. The number of nitrogens with two attached hydrogens (primary N) is 1. The van der Waals surface area contributed by atoms with Crippen LogP contribution in [0.25, 0.3) is 16.9 Å². The van der Waals surface area contributed by atoms with Gasteiger partial charge in [0, 0.05) is 41.9 Å². The first-order valence-corrected chi connectivity index (χ1v) is 10.4. The number of hydrogen-bond donors (Lipinski definition) is 1. The van der Waals surface area contributed by atoms with Crippen LogP contribution in [0, 0.1) is 5.82 Å². The van der Waals surface area contributed by atoms with Gasteiger partial charge in [0.05, 0.1) is 30.4 Å². The second kappa shape index (κ2) is 7.67. The van der Waals surface area contributed by atoms with Gasteiger partial charge in [0.2, 0.25) is 5.88 Å². The average Bonchev–Trinajstić information content (AvgIpc) is 3.38. The number of fused-ring (bicyclic) bond motifs is 7. The molecule has 1 atom stereocenters. The molecule has 32 heavy (non-hydrogen) atoms. The Bertz CT molecular complexity index is 1310. The van der Waals surface area contributed by atoms with Gasteiger partial charge in [-0.3, -0.25) is 4.68 Å². The van der Waals surface area contributed by atoms with Gasteiger partial charge in [-0.2, -0.15) is 5.10 Å². The van der Waals surface area contributed by atoms with E-state index in [0.717, 1.165) is 22.5 Å². The fraction of sp³-hybridized carbons (Fsp3) is 0.261. The van der Waals surface area contributed by atoms with Gasteiger partial charge >= 0.3 is 0 Å². The van der Waals surface area contributed by atoms with Crippen LogP contribution in [-0.2, 0) is 13.0 Å². The highest BCUT2D eigenvalue weighted by atomic mass is 19.1. The fourth-order valence-corrected chi connectivity index (χ4v) is 4.13. The molecule has 2 bridgehead atoms. The molecule has 1 aliphatic rings. The van der Waals surface area contributed by atoms with Crippen molar-refractivity contribution in [2.75, 3.05) is 12.8 Å². The van der Waals surface area contributed by atoms with Gasteiger partial charge in [-0.25, -0.2) is 14.1 Å². The third-order valence-electron chi connectivity index (χ3n) is 5.67. The highest BCUT2D eigenvalue weighted by molar-refractivity contribution is 5.68. The minimum absolute atomic E-state index is 0.265. The number of halogens is 1. The molecule has 0 spiro atoms. The molecule has 4 heterocycles. The molecular weight excluding hydrogens is 411 g/mol. The number of aryl methyl sites for hydroxylation is 1. The zero-order chi connectivity index (χ0) is 22.4. The minimum atomic E-state index is -0.516. The van der Waals surface area contributed by atoms with Crippen molar-refractivity contribution in [3.05, 3.63) is 65.4 Å². The van der Waals surface area contributed by atoms with E-state index < -0.39 is 6.10 Å². The molecule has 0 aliphatic carbocycles. The predicted octanol–water partition coefficient (Wildman–Crippen LogP) is 3.92. The lowest BCUT2D eigenvalue weighted by Gasteiger charge is -2.21. The average molecular weight is 434 g/mol. The van der Waals surface area contributed by atoms with Crippen LogP contribution in [0.5, 0.6) is 11.6 Å². The summed E-state index contributed by atoms with van der Waals surface area (Å²) in [5.74, 6) is 0.799. The van der Waals surface area contributed by atoms with Crippen LogP contribution < -0.4 is 15.2 Å². The third kappa shape index (κ3) is 3.26. The Morgan fingerprint density at radius 1 is 1.25 bits per heavy atom. The molecule has 8 nitrogen and oxygen atoms in total. The first-order chi connectivity index (χ1) is 15.5. The van der Waals surface area contributed by atoms with Crippen LogP contribution in [-0.4, -0.2) is 31.7 Å². The van der Waals surface area contributed by atoms with E-state index in [4.69, 9.17) is 15.2 Å². The van der Waals surface area contributed by atoms with Crippen molar-refractivity contribution >= 4 is 5.82 Å². The molecule has 1 aromatic carbocycles. The molecule has 0 amide bonds. The molecule has 0 fully saturated rings. The summed E-state index contributed by atoms with van der Waals surface area (Å²) >= 11 is 0. The molecule has 0 unspecified atom stereocenters. The highest BCUT2D eigenvalue weighted by Crippen LogP contribution is 2.36. The first-order valence-electron chi connectivity index (χ1n) is 10.4. The van der Waals surface area contributed by atoms with E-state index in [0.29, 0.717) is 35.8 Å². The zero-order valence-corrected chi connectivity index (χ0v) is 18.0. The van der Waals surface area contributed by atoms with Crippen LogP contribution in [0.1, 0.15) is 36.8 Å². The quantitative estimate of drug-likeness (QED) is 0.514. The monoisotopic (exact) mass is 434 g/mol. The van der Waals surface area contributed by atoms with Crippen LogP contribution in [0.3, 0.4) is 0 Å². The van der Waals surface area contributed by atoms with Crippen LogP contribution in [0.15, 0.2) is 42.7 Å². The number of anilines is 1. The molecule has 164 valence electrons. The lowest BCUT2D eigenvalue weighted by Crippen LogP contribution is -2.13. The summed E-state index contributed by atoms with van der Waals surface area (Å²) in [4.78, 5) is 4.35. The number of methoxy groups -OCH3 is 1. The van der Waals surface area contributed by atoms with E-state index >= 15 is 0 Å². The van der Waals surface area contributed by atoms with Crippen LogP contribution in [0.2, 0.25) is 0 Å². The summed E-state index contributed by atoms with van der Waals surface area (Å²) in [6.07, 6.45) is 3.59. The smallest absolute Gasteiger partial charge is 0.233 e. The first kappa shape index (κ1) is 20.0. The maximum Gasteiger partial charge on any atom is 0.233 e. The lowest BCUT2D eigenvalue weighted by atomic mass is 10.0. The SMILES string of the molecule is CCn1ncc2c1-c1cnc(N)c(c1)O[C@H](C)c1cc(F)ccc1-n1nc(OC)cc1C2. The van der Waals surface area contributed by atoms with Gasteiger partial charge in [0.1, 0.15) is 11.9 Å². The Morgan fingerprint density at radius 2 is 2.09 bits per heavy atom. The predicted molar refractivity (Wildman–Crippen MR) is 117 cm³/mol. The molecule has 4 aromatic rings. The number of rotatable bonds is 2. The molecule has 2 N–H and O–H groups in total. The molecule has 0 saturated carbocycles. The lowest BCUT2D eigenvalue weighted by molar-refractivity contribution is 0.226. The van der Waals surface area contributed by atoms with Crippen molar-refractivity contribution in [2.24, 2.45) is 0 Å². The van der Waals surface area contributed by atoms with E-state index in [-0.39, 0.29) is 11.6 Å². The Labute approximate surface area is 184 Å². The number of ether oxygens (including phenoxy) is 2. The maximum atomic E-state index is 14.3. The number of pyridine rings is 1. The minimum Gasteiger partial charge on any atom is -0.482 e. The van der Waals surface area contributed by atoms with Gasteiger partial charge in [0.15, 0.2) is 11.6 Å². The molecular formula is C23H23FN6O2. The highest BCUT2D eigenvalue weighted by Gasteiger charge is 2.24. The standard InChI is InChI=1S/C23H23FN6O2/c1-4-29-22-14(12-27-29)7-17-10-21(31-3)28-30(17)19-6-5-16(24)9-18(19)13(2)32-20-8-15(22)11-26-23(20)25/h5-6,8-13H,4,7H2,1-3H3,(H2,25,26)/t13-/m1/s1. The van der Waals surface area contributed by atoms with E-state index in [1.165, 1.54) is 12.1 Å². The van der Waals surface area contributed by atoms with Crippen molar-refractivity contribution in [1.29, 1.82) is 0 Å². The van der Waals surface area contributed by atoms with Crippen molar-refractivity contribution < 1.29 is 13.9 Å². The topological polar surface area (TPSA) is 93.0 Å². The van der Waals surface area contributed by atoms with Crippen LogP contribution in [0.4, 0.5) is 10.2 Å². The Kier molecular flexibility index (Phi) is 4.80. The summed E-state index contributed by atoms with van der Waals surface area (Å²) < 4.78 is 29.6. The second-order valence-electron chi connectivity index (χ2n) is 7.67. The number of benzene rings is 1. The number of hydrogen-bond acceptors (Lipinski definition) is 6. The molecule has 3 aromatic heterocycles. The summed E-state index contributed by atoms with van der Waals surface area (Å²) in [5, 5.41) is 9.16. The molecule has 0 saturated heterocycles. The molecule has 9 heteroatoms. The molecule has 5 rings (SSSR count). The number of nitrogen functional groups attached to an aromatic ring is 1. The summed E-state index contributed by atoms with van der Waals surface area (Å²) in [7, 11) is 1.57. The van der Waals surface area contributed by atoms with Crippen molar-refractivity contribution in [2.45, 2.75) is 32.9 Å². The van der Waals surface area contributed by atoms with Gasteiger partial charge in [0.25, 0.3) is 0 Å². The summed E-state index contributed by atoms with van der Waals surface area (Å²) in [5.41, 5.74) is 11.1. The number of nitrogens with zero attached hydrogens (tertiary/aromatic N) is 5. The normalized spacial score (nSPS) is 14.9. The van der Waals surface area contributed by atoms with Gasteiger partial charge in [-0.05, 0) is 38.1 Å². The van der Waals surface area contributed by atoms with Gasteiger partial charge < -0.3 is 15.2 Å². The van der Waals surface area contributed by atoms with E-state index in [9.17, 15) is 4.39 Å². The maximum absolute atomic E-state index is 14.3. The Morgan fingerprint density at radius 3 is 2.88 bits per heavy atom. The summed E-state index contributed by atoms with van der Waals surface area (Å²) in [6, 6.07) is 8.30. The van der Waals surface area contributed by atoms with Crippen molar-refractivity contribution in [3.8, 4) is 28.6 Å². The van der Waals surface area contributed by atoms with E-state index in [2.05, 4.69) is 15.2 Å². The van der Waals surface area contributed by atoms with Gasteiger partial charge in [-0.15, -0.1) is 5.10 Å². The van der Waals surface area contributed by atoms with Crippen molar-refractivity contribution in [1.82, 2.24) is 24.5 Å². The largest absolute Gasteiger partial charge is 0.482 e. The van der Waals surface area contributed by atoms with E-state index in [1.807, 2.05) is 36.9 Å². The van der Waals surface area contributed by atoms with E-state index in [1.54, 1.807) is 24.1 Å².